The number of pyridine rings is 1. The van der Waals surface area contributed by atoms with Crippen LogP contribution in [0.3, 0.4) is 0 Å². The third-order valence-corrected chi connectivity index (χ3v) is 4.27. The maximum atomic E-state index is 6.02. The average molecular weight is 270 g/mol. The number of hydrogen-bond donors (Lipinski definition) is 2. The van der Waals surface area contributed by atoms with E-state index < -0.39 is 0 Å². The molecule has 1 fully saturated rings. The predicted molar refractivity (Wildman–Crippen MR) is 84.9 cm³/mol. The number of aromatic nitrogens is 1. The Morgan fingerprint density at radius 3 is 2.85 bits per heavy atom. The Balaban J connectivity index is 1.73. The smallest absolute Gasteiger partial charge is 0.0437 e. The molecule has 4 heteroatoms. The zero-order valence-electron chi connectivity index (χ0n) is 12.0. The van der Waals surface area contributed by atoms with E-state index in [4.69, 9.17) is 5.73 Å². The monoisotopic (exact) mass is 270 g/mol. The summed E-state index contributed by atoms with van der Waals surface area (Å²) >= 11 is 0. The number of benzene rings is 1. The minimum absolute atomic E-state index is 0.760. The van der Waals surface area contributed by atoms with Crippen molar-refractivity contribution < 1.29 is 0 Å². The number of hydrogen-bond acceptors (Lipinski definition) is 4. The number of nitrogen functional groups attached to an aromatic ring is 1. The molecule has 2 aromatic rings. The molecule has 0 atom stereocenters. The van der Waals surface area contributed by atoms with Gasteiger partial charge in [-0.3, -0.25) is 4.98 Å². The fraction of sp³-hybridized carbons (Fsp3) is 0.438. The van der Waals surface area contributed by atoms with E-state index in [9.17, 15) is 0 Å². The molecular weight excluding hydrogens is 248 g/mol. The Kier molecular flexibility index (Phi) is 3.74. The fourth-order valence-corrected chi connectivity index (χ4v) is 2.89. The third-order valence-electron chi connectivity index (χ3n) is 4.27. The first-order valence-corrected chi connectivity index (χ1v) is 7.28. The van der Waals surface area contributed by atoms with Gasteiger partial charge in [-0.25, -0.2) is 0 Å². The van der Waals surface area contributed by atoms with Crippen LogP contribution in [0.4, 0.5) is 11.4 Å². The molecule has 1 aromatic heterocycles. The van der Waals surface area contributed by atoms with Gasteiger partial charge in [0, 0.05) is 41.1 Å². The maximum absolute atomic E-state index is 6.02. The molecule has 2 heterocycles. The van der Waals surface area contributed by atoms with Crippen LogP contribution in [0.1, 0.15) is 12.8 Å². The van der Waals surface area contributed by atoms with Gasteiger partial charge in [0.15, 0.2) is 0 Å². The van der Waals surface area contributed by atoms with Gasteiger partial charge in [-0.1, -0.05) is 0 Å². The Bertz CT molecular complexity index is 588. The largest absolute Gasteiger partial charge is 0.398 e. The summed E-state index contributed by atoms with van der Waals surface area (Å²) in [6, 6.07) is 6.01. The molecular formula is C16H22N4. The number of fused-ring (bicyclic) bond motifs is 1. The van der Waals surface area contributed by atoms with Crippen LogP contribution in [0.15, 0.2) is 30.6 Å². The second-order valence-corrected chi connectivity index (χ2v) is 5.75. The lowest BCUT2D eigenvalue weighted by atomic mass is 9.97. The van der Waals surface area contributed by atoms with Gasteiger partial charge >= 0.3 is 0 Å². The number of piperidine rings is 1. The van der Waals surface area contributed by atoms with E-state index in [1.54, 1.807) is 6.20 Å². The van der Waals surface area contributed by atoms with Gasteiger partial charge in [-0.05, 0) is 57.1 Å². The molecule has 1 aliphatic heterocycles. The number of nitrogens with zero attached hydrogens (tertiary/aromatic N) is 2. The quantitative estimate of drug-likeness (QED) is 0.842. The second-order valence-electron chi connectivity index (χ2n) is 5.75. The van der Waals surface area contributed by atoms with Crippen molar-refractivity contribution in [3.63, 3.8) is 0 Å². The van der Waals surface area contributed by atoms with Crippen LogP contribution < -0.4 is 11.1 Å². The van der Waals surface area contributed by atoms with Crippen molar-refractivity contribution in [3.05, 3.63) is 30.6 Å². The number of nitrogens with one attached hydrogen (secondary N) is 1. The van der Waals surface area contributed by atoms with Crippen LogP contribution in [0.25, 0.3) is 10.8 Å². The summed E-state index contributed by atoms with van der Waals surface area (Å²) in [5.41, 5.74) is 7.97. The molecule has 106 valence electrons. The normalized spacial score (nSPS) is 17.4. The standard InChI is InChI=1S/C16H22N4/c1-20-8-5-12(6-9-20)10-19-16-3-2-15(17)13-4-7-18-11-14(13)16/h2-4,7,11-12,19H,5-6,8-10,17H2,1H3. The lowest BCUT2D eigenvalue weighted by molar-refractivity contribution is 0.226. The Labute approximate surface area is 120 Å². The highest BCUT2D eigenvalue weighted by Crippen LogP contribution is 2.28. The van der Waals surface area contributed by atoms with E-state index in [1.165, 1.54) is 25.9 Å². The SMILES string of the molecule is CN1CCC(CNc2ccc(N)c3ccncc23)CC1. The number of nitrogens with two attached hydrogens (primary N) is 1. The predicted octanol–water partition coefficient (Wildman–Crippen LogP) is 2.57. The van der Waals surface area contributed by atoms with E-state index in [-0.39, 0.29) is 0 Å². The minimum atomic E-state index is 0.760. The summed E-state index contributed by atoms with van der Waals surface area (Å²) in [4.78, 5) is 6.62. The molecule has 0 unspecified atom stereocenters. The lowest BCUT2D eigenvalue weighted by Crippen LogP contribution is -2.32. The van der Waals surface area contributed by atoms with Crippen molar-refractivity contribution in [2.24, 2.45) is 5.92 Å². The van der Waals surface area contributed by atoms with E-state index >= 15 is 0 Å². The molecule has 3 N–H and O–H groups in total. The molecule has 1 aromatic carbocycles. The highest BCUT2D eigenvalue weighted by atomic mass is 15.1. The fourth-order valence-electron chi connectivity index (χ4n) is 2.89. The van der Waals surface area contributed by atoms with Crippen LogP contribution in [-0.4, -0.2) is 36.6 Å². The molecule has 0 bridgehead atoms. The van der Waals surface area contributed by atoms with Crippen molar-refractivity contribution in [3.8, 4) is 0 Å². The molecule has 1 aliphatic rings. The molecule has 20 heavy (non-hydrogen) atoms. The topological polar surface area (TPSA) is 54.2 Å². The van der Waals surface area contributed by atoms with Gasteiger partial charge < -0.3 is 16.0 Å². The summed E-state index contributed by atoms with van der Waals surface area (Å²) in [6.07, 6.45) is 6.23. The molecule has 4 nitrogen and oxygen atoms in total. The third kappa shape index (κ3) is 2.70. The van der Waals surface area contributed by atoms with E-state index in [0.717, 1.165) is 34.6 Å². The Morgan fingerprint density at radius 2 is 2.05 bits per heavy atom. The summed E-state index contributed by atoms with van der Waals surface area (Å²) in [5.74, 6) is 0.760. The van der Waals surface area contributed by atoms with Gasteiger partial charge in [-0.2, -0.15) is 0 Å². The Hall–Kier alpha value is -1.81. The minimum Gasteiger partial charge on any atom is -0.398 e. The van der Waals surface area contributed by atoms with Crippen LogP contribution >= 0.6 is 0 Å². The molecule has 3 rings (SSSR count). The van der Waals surface area contributed by atoms with Gasteiger partial charge in [0.05, 0.1) is 0 Å². The van der Waals surface area contributed by atoms with Crippen LogP contribution in [0, 0.1) is 5.92 Å². The van der Waals surface area contributed by atoms with Crippen molar-refractivity contribution in [1.82, 2.24) is 9.88 Å². The highest BCUT2D eigenvalue weighted by molar-refractivity contribution is 6.00. The van der Waals surface area contributed by atoms with E-state index in [2.05, 4.69) is 28.3 Å². The van der Waals surface area contributed by atoms with Gasteiger partial charge in [0.1, 0.15) is 0 Å². The zero-order valence-corrected chi connectivity index (χ0v) is 12.0. The molecule has 0 aliphatic carbocycles. The van der Waals surface area contributed by atoms with E-state index in [0.29, 0.717) is 0 Å². The molecule has 1 saturated heterocycles. The lowest BCUT2D eigenvalue weighted by Gasteiger charge is -2.29. The maximum Gasteiger partial charge on any atom is 0.0437 e. The first kappa shape index (κ1) is 13.2. The first-order chi connectivity index (χ1) is 9.74. The summed E-state index contributed by atoms with van der Waals surface area (Å²) in [7, 11) is 2.20. The molecule has 0 spiro atoms. The Morgan fingerprint density at radius 1 is 1.25 bits per heavy atom. The summed E-state index contributed by atoms with van der Waals surface area (Å²) < 4.78 is 0. The van der Waals surface area contributed by atoms with Crippen LogP contribution in [-0.2, 0) is 0 Å². The van der Waals surface area contributed by atoms with Crippen molar-refractivity contribution in [2.75, 3.05) is 37.7 Å². The zero-order chi connectivity index (χ0) is 13.9. The van der Waals surface area contributed by atoms with E-state index in [1.807, 2.05) is 18.3 Å². The highest BCUT2D eigenvalue weighted by Gasteiger charge is 2.16. The van der Waals surface area contributed by atoms with Gasteiger partial charge in [-0.15, -0.1) is 0 Å². The average Bonchev–Trinajstić information content (AvgIpc) is 2.49. The molecule has 0 amide bonds. The second kappa shape index (κ2) is 5.67. The number of rotatable bonds is 3. The van der Waals surface area contributed by atoms with Crippen molar-refractivity contribution >= 4 is 22.1 Å². The molecule has 0 saturated carbocycles. The number of likely N-dealkylation sites (tertiary alicyclic amines) is 1. The van der Waals surface area contributed by atoms with Crippen LogP contribution in [0.2, 0.25) is 0 Å². The van der Waals surface area contributed by atoms with Gasteiger partial charge in [0.25, 0.3) is 0 Å². The number of anilines is 2. The summed E-state index contributed by atoms with van der Waals surface area (Å²) in [5, 5.41) is 5.77. The molecule has 0 radical (unpaired) electrons. The van der Waals surface area contributed by atoms with Crippen molar-refractivity contribution in [2.45, 2.75) is 12.8 Å². The first-order valence-electron chi connectivity index (χ1n) is 7.28. The van der Waals surface area contributed by atoms with Crippen molar-refractivity contribution in [1.29, 1.82) is 0 Å². The van der Waals surface area contributed by atoms with Crippen LogP contribution in [0.5, 0.6) is 0 Å². The van der Waals surface area contributed by atoms with Gasteiger partial charge in [0.2, 0.25) is 0 Å². The summed E-state index contributed by atoms with van der Waals surface area (Å²) in [6.45, 7) is 3.44.